The first kappa shape index (κ1) is 16.2. The van der Waals surface area contributed by atoms with E-state index in [1.54, 1.807) is 6.07 Å². The van der Waals surface area contributed by atoms with Crippen LogP contribution in [0.25, 0.3) is 0 Å². The maximum atomic E-state index is 13.8. The quantitative estimate of drug-likeness (QED) is 0.926. The highest BCUT2D eigenvalue weighted by Crippen LogP contribution is 2.31. The molecule has 0 aromatic heterocycles. The molecule has 0 spiro atoms. The molecular formula is C17H28FN3. The van der Waals surface area contributed by atoms with E-state index in [0.717, 1.165) is 36.8 Å². The van der Waals surface area contributed by atoms with E-state index in [1.807, 2.05) is 19.9 Å². The first-order chi connectivity index (χ1) is 9.88. The normalized spacial score (nSPS) is 18.3. The Morgan fingerprint density at radius 3 is 2.48 bits per heavy atom. The third-order valence-corrected chi connectivity index (χ3v) is 4.38. The second-order valence-corrected chi connectivity index (χ2v) is 6.64. The van der Waals surface area contributed by atoms with E-state index in [9.17, 15) is 4.39 Å². The maximum Gasteiger partial charge on any atom is 0.126 e. The van der Waals surface area contributed by atoms with Gasteiger partial charge in [-0.2, -0.15) is 0 Å². The van der Waals surface area contributed by atoms with Gasteiger partial charge in [-0.15, -0.1) is 0 Å². The van der Waals surface area contributed by atoms with E-state index < -0.39 is 0 Å². The molecular weight excluding hydrogens is 265 g/mol. The van der Waals surface area contributed by atoms with Crippen molar-refractivity contribution >= 4 is 5.69 Å². The van der Waals surface area contributed by atoms with Gasteiger partial charge in [0.15, 0.2) is 0 Å². The first-order valence-electron chi connectivity index (χ1n) is 7.83. The minimum absolute atomic E-state index is 0.144. The van der Waals surface area contributed by atoms with Crippen LogP contribution in [0.15, 0.2) is 12.1 Å². The average molecular weight is 293 g/mol. The smallest absolute Gasteiger partial charge is 0.126 e. The van der Waals surface area contributed by atoms with Crippen LogP contribution in [0.3, 0.4) is 0 Å². The number of rotatable bonds is 4. The van der Waals surface area contributed by atoms with E-state index in [2.05, 4.69) is 23.9 Å². The predicted molar refractivity (Wildman–Crippen MR) is 87.2 cm³/mol. The zero-order valence-electron chi connectivity index (χ0n) is 13.7. The van der Waals surface area contributed by atoms with Crippen LogP contribution in [-0.2, 0) is 0 Å². The summed E-state index contributed by atoms with van der Waals surface area (Å²) in [4.78, 5) is 4.63. The van der Waals surface area contributed by atoms with Crippen molar-refractivity contribution in [3.8, 4) is 0 Å². The Balaban J connectivity index is 2.14. The Bertz CT molecular complexity index is 477. The van der Waals surface area contributed by atoms with Crippen LogP contribution in [0, 0.1) is 18.7 Å². The Kier molecular flexibility index (Phi) is 5.22. The summed E-state index contributed by atoms with van der Waals surface area (Å²) >= 11 is 0. The van der Waals surface area contributed by atoms with Gasteiger partial charge in [0, 0.05) is 31.4 Å². The molecule has 1 fully saturated rings. The predicted octanol–water partition coefficient (Wildman–Crippen LogP) is 2.93. The van der Waals surface area contributed by atoms with Gasteiger partial charge >= 0.3 is 0 Å². The number of benzene rings is 1. The van der Waals surface area contributed by atoms with E-state index in [-0.39, 0.29) is 11.9 Å². The number of hydrogen-bond donors (Lipinski definition) is 1. The van der Waals surface area contributed by atoms with Gasteiger partial charge in [-0.3, -0.25) is 0 Å². The van der Waals surface area contributed by atoms with Gasteiger partial charge in [0.1, 0.15) is 5.82 Å². The number of anilines is 1. The van der Waals surface area contributed by atoms with Crippen LogP contribution in [0.2, 0.25) is 0 Å². The molecule has 4 heteroatoms. The number of nitrogens with zero attached hydrogens (tertiary/aromatic N) is 2. The van der Waals surface area contributed by atoms with Crippen molar-refractivity contribution in [1.29, 1.82) is 0 Å². The Hall–Kier alpha value is -1.13. The first-order valence-corrected chi connectivity index (χ1v) is 7.83. The molecule has 0 aliphatic carbocycles. The van der Waals surface area contributed by atoms with Crippen LogP contribution in [0.5, 0.6) is 0 Å². The second kappa shape index (κ2) is 6.75. The third kappa shape index (κ3) is 3.95. The van der Waals surface area contributed by atoms with E-state index >= 15 is 0 Å². The van der Waals surface area contributed by atoms with Gasteiger partial charge in [-0.25, -0.2) is 4.39 Å². The molecule has 1 saturated heterocycles. The molecule has 1 atom stereocenters. The molecule has 1 aliphatic rings. The number of hydrogen-bond acceptors (Lipinski definition) is 3. The summed E-state index contributed by atoms with van der Waals surface area (Å²) in [6.07, 6.45) is 2.37. The molecule has 1 aliphatic heterocycles. The summed E-state index contributed by atoms with van der Waals surface area (Å²) in [6.45, 7) is 6.96. The lowest BCUT2D eigenvalue weighted by Crippen LogP contribution is -2.37. The van der Waals surface area contributed by atoms with Crippen molar-refractivity contribution < 1.29 is 4.39 Å². The molecule has 2 rings (SSSR count). The molecule has 2 N–H and O–H groups in total. The summed E-state index contributed by atoms with van der Waals surface area (Å²) in [5, 5.41) is 0. The molecule has 1 aromatic carbocycles. The summed E-state index contributed by atoms with van der Waals surface area (Å²) < 4.78 is 13.8. The third-order valence-electron chi connectivity index (χ3n) is 4.38. The number of piperidine rings is 1. The monoisotopic (exact) mass is 293 g/mol. The van der Waals surface area contributed by atoms with E-state index in [0.29, 0.717) is 5.56 Å². The van der Waals surface area contributed by atoms with Gasteiger partial charge in [0.25, 0.3) is 0 Å². The largest absolute Gasteiger partial charge is 0.371 e. The van der Waals surface area contributed by atoms with Crippen LogP contribution < -0.4 is 10.6 Å². The van der Waals surface area contributed by atoms with Crippen molar-refractivity contribution in [2.45, 2.75) is 32.7 Å². The molecule has 0 saturated carbocycles. The lowest BCUT2D eigenvalue weighted by atomic mass is 9.94. The summed E-state index contributed by atoms with van der Waals surface area (Å²) in [5.74, 6) is 0.602. The Labute approximate surface area is 127 Å². The zero-order valence-corrected chi connectivity index (χ0v) is 13.7. The SMILES string of the molecule is Cc1cc(N2CCC(CN(C)C)CC2)c([C@H](C)N)cc1F. The van der Waals surface area contributed by atoms with Crippen molar-refractivity contribution in [2.75, 3.05) is 38.6 Å². The molecule has 1 heterocycles. The number of nitrogens with two attached hydrogens (primary N) is 1. The Morgan fingerprint density at radius 2 is 1.95 bits per heavy atom. The standard InChI is InChI=1S/C17H28FN3/c1-12-9-17(15(13(2)19)10-16(12)18)21-7-5-14(6-8-21)11-20(3)4/h9-10,13-14H,5-8,11,19H2,1-4H3/t13-/m0/s1. The Morgan fingerprint density at radius 1 is 1.33 bits per heavy atom. The van der Waals surface area contributed by atoms with Gasteiger partial charge < -0.3 is 15.5 Å². The molecule has 118 valence electrons. The number of aryl methyl sites for hydroxylation is 1. The van der Waals surface area contributed by atoms with Crippen molar-refractivity contribution in [3.63, 3.8) is 0 Å². The molecule has 3 nitrogen and oxygen atoms in total. The van der Waals surface area contributed by atoms with Crippen molar-refractivity contribution in [2.24, 2.45) is 11.7 Å². The zero-order chi connectivity index (χ0) is 15.6. The number of halogens is 1. The van der Waals surface area contributed by atoms with E-state index in [1.165, 1.54) is 12.8 Å². The minimum Gasteiger partial charge on any atom is -0.371 e. The highest BCUT2D eigenvalue weighted by Gasteiger charge is 2.23. The van der Waals surface area contributed by atoms with Gasteiger partial charge in [-0.1, -0.05) is 0 Å². The topological polar surface area (TPSA) is 32.5 Å². The maximum absolute atomic E-state index is 13.8. The molecule has 0 amide bonds. The average Bonchev–Trinajstić information content (AvgIpc) is 2.41. The van der Waals surface area contributed by atoms with Crippen LogP contribution >= 0.6 is 0 Å². The van der Waals surface area contributed by atoms with Crippen molar-refractivity contribution in [1.82, 2.24) is 4.90 Å². The fourth-order valence-electron chi connectivity index (χ4n) is 3.19. The molecule has 1 aromatic rings. The van der Waals surface area contributed by atoms with Crippen LogP contribution in [0.4, 0.5) is 10.1 Å². The fourth-order valence-corrected chi connectivity index (χ4v) is 3.19. The van der Waals surface area contributed by atoms with Gasteiger partial charge in [0.05, 0.1) is 0 Å². The molecule has 0 radical (unpaired) electrons. The summed E-state index contributed by atoms with van der Waals surface area (Å²) in [6, 6.07) is 3.43. The van der Waals surface area contributed by atoms with Crippen LogP contribution in [-0.4, -0.2) is 38.6 Å². The van der Waals surface area contributed by atoms with Crippen molar-refractivity contribution in [3.05, 3.63) is 29.1 Å². The highest BCUT2D eigenvalue weighted by molar-refractivity contribution is 5.57. The summed E-state index contributed by atoms with van der Waals surface area (Å²) in [5.41, 5.74) is 8.77. The van der Waals surface area contributed by atoms with Gasteiger partial charge in [-0.05, 0) is 70.0 Å². The lowest BCUT2D eigenvalue weighted by molar-refractivity contribution is 0.285. The molecule has 21 heavy (non-hydrogen) atoms. The van der Waals surface area contributed by atoms with Gasteiger partial charge in [0.2, 0.25) is 0 Å². The van der Waals surface area contributed by atoms with E-state index in [4.69, 9.17) is 5.73 Å². The molecule has 0 unspecified atom stereocenters. The lowest BCUT2D eigenvalue weighted by Gasteiger charge is -2.36. The summed E-state index contributed by atoms with van der Waals surface area (Å²) in [7, 11) is 4.26. The highest BCUT2D eigenvalue weighted by atomic mass is 19.1. The van der Waals surface area contributed by atoms with Crippen LogP contribution in [0.1, 0.15) is 36.9 Å². The minimum atomic E-state index is -0.159. The fraction of sp³-hybridized carbons (Fsp3) is 0.647. The second-order valence-electron chi connectivity index (χ2n) is 6.64. The molecule has 0 bridgehead atoms.